The maximum absolute atomic E-state index is 12.9. The zero-order valence-electron chi connectivity index (χ0n) is 9.54. The van der Waals surface area contributed by atoms with Crippen molar-refractivity contribution in [2.75, 3.05) is 10.1 Å². The van der Waals surface area contributed by atoms with Gasteiger partial charge in [0.05, 0.1) is 23.0 Å². The smallest absolute Gasteiger partial charge is 0.262 e. The lowest BCUT2D eigenvalue weighted by atomic mass is 10.4. The van der Waals surface area contributed by atoms with E-state index in [-0.39, 0.29) is 16.4 Å². The van der Waals surface area contributed by atoms with Crippen molar-refractivity contribution in [1.29, 1.82) is 0 Å². The summed E-state index contributed by atoms with van der Waals surface area (Å²) in [6.07, 6.45) is 3.46. The van der Waals surface area contributed by atoms with Crippen molar-refractivity contribution in [3.8, 4) is 0 Å². The Kier molecular flexibility index (Phi) is 3.58. The molecule has 0 aliphatic rings. The van der Waals surface area contributed by atoms with Gasteiger partial charge in [0, 0.05) is 18.3 Å². The van der Waals surface area contributed by atoms with Crippen LogP contribution in [-0.2, 0) is 10.0 Å². The number of halogens is 1. The Morgan fingerprint density at radius 3 is 2.74 bits per heavy atom. The van der Waals surface area contributed by atoms with Crippen LogP contribution in [0.4, 0.5) is 15.9 Å². The Hall–Kier alpha value is -2.26. The highest BCUT2D eigenvalue weighted by Gasteiger charge is 2.15. The average Bonchev–Trinajstić information content (AvgIpc) is 2.38. The standard InChI is InChI=1S/C10H10FN5O2S/c11-7-3-8(6-13-5-7)16-19(17,18)9-1-2-14-10(4-9)15-12/h1-6,16H,12H2,(H,14,15). The van der Waals surface area contributed by atoms with Crippen LogP contribution >= 0.6 is 0 Å². The second-order valence-electron chi connectivity index (χ2n) is 3.52. The zero-order chi connectivity index (χ0) is 13.9. The highest BCUT2D eigenvalue weighted by Crippen LogP contribution is 2.17. The van der Waals surface area contributed by atoms with Gasteiger partial charge in [-0.1, -0.05) is 0 Å². The summed E-state index contributed by atoms with van der Waals surface area (Å²) in [6, 6.07) is 3.55. The van der Waals surface area contributed by atoms with E-state index in [0.717, 1.165) is 12.3 Å². The first-order chi connectivity index (χ1) is 9.01. The van der Waals surface area contributed by atoms with Gasteiger partial charge in [0.25, 0.3) is 10.0 Å². The predicted octanol–water partition coefficient (Wildman–Crippen LogP) is 0.702. The number of anilines is 2. The molecule has 2 aromatic heterocycles. The molecule has 2 rings (SSSR count). The number of nitrogen functional groups attached to an aromatic ring is 1. The van der Waals surface area contributed by atoms with Crippen molar-refractivity contribution in [3.05, 3.63) is 42.6 Å². The fourth-order valence-corrected chi connectivity index (χ4v) is 2.39. The Morgan fingerprint density at radius 1 is 1.26 bits per heavy atom. The lowest BCUT2D eigenvalue weighted by Gasteiger charge is -2.08. The van der Waals surface area contributed by atoms with Gasteiger partial charge >= 0.3 is 0 Å². The van der Waals surface area contributed by atoms with Crippen molar-refractivity contribution in [2.45, 2.75) is 4.90 Å². The quantitative estimate of drug-likeness (QED) is 0.563. The summed E-state index contributed by atoms with van der Waals surface area (Å²) in [6.45, 7) is 0. The first-order valence-corrected chi connectivity index (χ1v) is 6.55. The molecule has 2 aromatic rings. The largest absolute Gasteiger partial charge is 0.308 e. The molecule has 0 bridgehead atoms. The molecule has 0 radical (unpaired) electrons. The van der Waals surface area contributed by atoms with Crippen molar-refractivity contribution >= 4 is 21.5 Å². The third kappa shape index (κ3) is 3.14. The van der Waals surface area contributed by atoms with Crippen LogP contribution in [0.25, 0.3) is 0 Å². The van der Waals surface area contributed by atoms with Crippen LogP contribution in [0.1, 0.15) is 0 Å². The average molecular weight is 283 g/mol. The zero-order valence-corrected chi connectivity index (χ0v) is 10.4. The minimum atomic E-state index is -3.85. The number of hydrogen-bond donors (Lipinski definition) is 3. The predicted molar refractivity (Wildman–Crippen MR) is 67.1 cm³/mol. The lowest BCUT2D eigenvalue weighted by Crippen LogP contribution is -2.15. The van der Waals surface area contributed by atoms with Crippen LogP contribution in [0.3, 0.4) is 0 Å². The van der Waals surface area contributed by atoms with Crippen LogP contribution in [0.5, 0.6) is 0 Å². The molecule has 0 saturated heterocycles. The number of hydrogen-bond acceptors (Lipinski definition) is 6. The van der Waals surface area contributed by atoms with E-state index in [1.165, 1.54) is 24.5 Å². The number of rotatable bonds is 4. The molecule has 0 fully saturated rings. The SMILES string of the molecule is NNc1cc(S(=O)(=O)Nc2cncc(F)c2)ccn1. The molecular formula is C10H10FN5O2S. The number of nitrogens with two attached hydrogens (primary N) is 1. The minimum Gasteiger partial charge on any atom is -0.308 e. The molecule has 2 heterocycles. The van der Waals surface area contributed by atoms with Crippen molar-refractivity contribution in [1.82, 2.24) is 9.97 Å². The molecule has 100 valence electrons. The van der Waals surface area contributed by atoms with E-state index in [4.69, 9.17) is 5.84 Å². The van der Waals surface area contributed by atoms with Gasteiger partial charge in [-0.25, -0.2) is 23.6 Å². The molecule has 0 spiro atoms. The maximum Gasteiger partial charge on any atom is 0.262 e. The van der Waals surface area contributed by atoms with Gasteiger partial charge in [-0.15, -0.1) is 0 Å². The van der Waals surface area contributed by atoms with Gasteiger partial charge in [0.15, 0.2) is 0 Å². The van der Waals surface area contributed by atoms with Crippen LogP contribution in [0.2, 0.25) is 0 Å². The highest BCUT2D eigenvalue weighted by atomic mass is 32.2. The summed E-state index contributed by atoms with van der Waals surface area (Å²) in [5, 5.41) is 0. The van der Waals surface area contributed by atoms with E-state index in [1.807, 2.05) is 0 Å². The number of nitrogens with one attached hydrogen (secondary N) is 2. The third-order valence-corrected chi connectivity index (χ3v) is 3.53. The molecule has 0 amide bonds. The van der Waals surface area contributed by atoms with Gasteiger partial charge in [-0.2, -0.15) is 0 Å². The minimum absolute atomic E-state index is 0.0269. The number of sulfonamides is 1. The van der Waals surface area contributed by atoms with Gasteiger partial charge < -0.3 is 5.43 Å². The molecular weight excluding hydrogens is 273 g/mol. The van der Waals surface area contributed by atoms with Gasteiger partial charge in [0.1, 0.15) is 11.6 Å². The fourth-order valence-electron chi connectivity index (χ4n) is 1.34. The first-order valence-electron chi connectivity index (χ1n) is 5.07. The summed E-state index contributed by atoms with van der Waals surface area (Å²) < 4.78 is 39.2. The van der Waals surface area contributed by atoms with E-state index in [1.54, 1.807) is 0 Å². The summed E-state index contributed by atoms with van der Waals surface area (Å²) in [7, 11) is -3.85. The van der Waals surface area contributed by atoms with E-state index in [0.29, 0.717) is 0 Å². The fraction of sp³-hybridized carbons (Fsp3) is 0. The van der Waals surface area contributed by atoms with Gasteiger partial charge in [0.2, 0.25) is 0 Å². The Balaban J connectivity index is 2.32. The first kappa shape index (κ1) is 13.2. The van der Waals surface area contributed by atoms with Crippen LogP contribution < -0.4 is 16.0 Å². The van der Waals surface area contributed by atoms with Crippen LogP contribution in [0, 0.1) is 5.82 Å². The van der Waals surface area contributed by atoms with E-state index in [9.17, 15) is 12.8 Å². The molecule has 0 unspecified atom stereocenters. The Bertz CT molecular complexity index is 692. The van der Waals surface area contributed by atoms with E-state index >= 15 is 0 Å². The Morgan fingerprint density at radius 2 is 2.05 bits per heavy atom. The lowest BCUT2D eigenvalue weighted by molar-refractivity contribution is 0.600. The van der Waals surface area contributed by atoms with Gasteiger partial charge in [-0.05, 0) is 6.07 Å². The molecule has 0 aliphatic heterocycles. The second-order valence-corrected chi connectivity index (χ2v) is 5.20. The Labute approximate surface area is 108 Å². The second kappa shape index (κ2) is 5.16. The monoisotopic (exact) mass is 283 g/mol. The maximum atomic E-state index is 12.9. The number of hydrazine groups is 1. The van der Waals surface area contributed by atoms with Crippen LogP contribution in [0.15, 0.2) is 41.7 Å². The van der Waals surface area contributed by atoms with E-state index < -0.39 is 15.8 Å². The van der Waals surface area contributed by atoms with Crippen molar-refractivity contribution in [3.63, 3.8) is 0 Å². The normalized spacial score (nSPS) is 11.1. The van der Waals surface area contributed by atoms with Crippen molar-refractivity contribution in [2.24, 2.45) is 5.84 Å². The molecule has 0 aliphatic carbocycles. The summed E-state index contributed by atoms with van der Waals surface area (Å²) in [4.78, 5) is 7.29. The highest BCUT2D eigenvalue weighted by molar-refractivity contribution is 7.92. The molecule has 9 heteroatoms. The number of nitrogens with zero attached hydrogens (tertiary/aromatic N) is 2. The van der Waals surface area contributed by atoms with E-state index in [2.05, 4.69) is 20.1 Å². The molecule has 0 aromatic carbocycles. The molecule has 0 saturated carbocycles. The summed E-state index contributed by atoms with van der Waals surface area (Å²) >= 11 is 0. The molecule has 19 heavy (non-hydrogen) atoms. The molecule has 0 atom stereocenters. The number of pyridine rings is 2. The summed E-state index contributed by atoms with van der Waals surface area (Å²) in [5.41, 5.74) is 2.26. The molecule has 4 N–H and O–H groups in total. The topological polar surface area (TPSA) is 110 Å². The molecule has 7 nitrogen and oxygen atoms in total. The summed E-state index contributed by atoms with van der Waals surface area (Å²) in [5.74, 6) is 4.70. The van der Waals surface area contributed by atoms with Gasteiger partial charge in [-0.3, -0.25) is 9.71 Å². The number of aromatic nitrogens is 2. The van der Waals surface area contributed by atoms with Crippen LogP contribution in [-0.4, -0.2) is 18.4 Å². The van der Waals surface area contributed by atoms with Crippen molar-refractivity contribution < 1.29 is 12.8 Å². The third-order valence-electron chi connectivity index (χ3n) is 2.15.